The summed E-state index contributed by atoms with van der Waals surface area (Å²) in [6, 6.07) is 4.28. The van der Waals surface area contributed by atoms with Crippen LogP contribution in [-0.2, 0) is 6.42 Å². The molecule has 0 amide bonds. The van der Waals surface area contributed by atoms with Crippen molar-refractivity contribution in [3.8, 4) is 0 Å². The van der Waals surface area contributed by atoms with Crippen LogP contribution >= 0.6 is 11.3 Å². The van der Waals surface area contributed by atoms with E-state index >= 15 is 0 Å². The Morgan fingerprint density at radius 3 is 2.87 bits per heavy atom. The summed E-state index contributed by atoms with van der Waals surface area (Å²) >= 11 is 1.82. The van der Waals surface area contributed by atoms with E-state index in [1.165, 1.54) is 24.1 Å². The van der Waals surface area contributed by atoms with Gasteiger partial charge in [0.05, 0.1) is 0 Å². The van der Waals surface area contributed by atoms with Gasteiger partial charge in [-0.25, -0.2) is 0 Å². The molecule has 2 nitrogen and oxygen atoms in total. The first-order chi connectivity index (χ1) is 7.35. The maximum atomic E-state index is 9.28. The van der Waals surface area contributed by atoms with E-state index < -0.39 is 0 Å². The molecule has 1 saturated carbocycles. The third-order valence-corrected chi connectivity index (χ3v) is 4.31. The van der Waals surface area contributed by atoms with Crippen LogP contribution in [-0.4, -0.2) is 24.8 Å². The summed E-state index contributed by atoms with van der Waals surface area (Å²) in [4.78, 5) is 1.44. The van der Waals surface area contributed by atoms with E-state index in [-0.39, 0.29) is 5.41 Å². The Labute approximate surface area is 95.3 Å². The molecule has 0 aromatic carbocycles. The van der Waals surface area contributed by atoms with E-state index in [4.69, 9.17) is 0 Å². The van der Waals surface area contributed by atoms with Crippen molar-refractivity contribution in [3.05, 3.63) is 22.4 Å². The molecular formula is C12H19NOS. The maximum absolute atomic E-state index is 9.28. The Kier molecular flexibility index (Phi) is 3.78. The zero-order chi connectivity index (χ0) is 10.6. The smallest absolute Gasteiger partial charge is 0.0499 e. The topological polar surface area (TPSA) is 32.3 Å². The molecule has 84 valence electrons. The Morgan fingerprint density at radius 2 is 2.33 bits per heavy atom. The second-order valence-corrected chi connectivity index (χ2v) is 5.55. The molecule has 15 heavy (non-hydrogen) atoms. The minimum Gasteiger partial charge on any atom is -0.396 e. The fourth-order valence-corrected chi connectivity index (χ4v) is 2.80. The van der Waals surface area contributed by atoms with Gasteiger partial charge in [0.2, 0.25) is 0 Å². The highest BCUT2D eigenvalue weighted by atomic mass is 32.1. The summed E-state index contributed by atoms with van der Waals surface area (Å²) in [6.07, 6.45) is 4.78. The summed E-state index contributed by atoms with van der Waals surface area (Å²) in [6.45, 7) is 2.36. The van der Waals surface area contributed by atoms with Crippen molar-refractivity contribution < 1.29 is 5.11 Å². The normalized spacial score (nSPS) is 18.7. The monoisotopic (exact) mass is 225 g/mol. The van der Waals surface area contributed by atoms with Crippen LogP contribution in [0.3, 0.4) is 0 Å². The molecule has 0 aliphatic heterocycles. The number of aliphatic hydroxyl groups excluding tert-OH is 1. The predicted molar refractivity (Wildman–Crippen MR) is 64.3 cm³/mol. The highest BCUT2D eigenvalue weighted by Gasteiger charge is 2.35. The summed E-state index contributed by atoms with van der Waals surface area (Å²) in [7, 11) is 0. The van der Waals surface area contributed by atoms with Gasteiger partial charge >= 0.3 is 0 Å². The Balaban J connectivity index is 1.62. The van der Waals surface area contributed by atoms with Crippen LogP contribution in [0.2, 0.25) is 0 Å². The van der Waals surface area contributed by atoms with Gasteiger partial charge in [0.25, 0.3) is 0 Å². The van der Waals surface area contributed by atoms with Gasteiger partial charge in [-0.15, -0.1) is 11.3 Å². The molecule has 2 rings (SSSR count). The van der Waals surface area contributed by atoms with Gasteiger partial charge in [0, 0.05) is 23.4 Å². The van der Waals surface area contributed by atoms with Crippen LogP contribution in [0.1, 0.15) is 24.1 Å². The molecule has 1 aliphatic carbocycles. The molecule has 0 saturated heterocycles. The molecule has 0 radical (unpaired) electrons. The molecule has 0 unspecified atom stereocenters. The lowest BCUT2D eigenvalue weighted by molar-refractivity contribution is 0.0451. The number of hydrogen-bond acceptors (Lipinski definition) is 3. The molecule has 1 aromatic heterocycles. The van der Waals surface area contributed by atoms with Gasteiger partial charge in [-0.05, 0) is 37.3 Å². The molecule has 0 spiro atoms. The van der Waals surface area contributed by atoms with Gasteiger partial charge in [-0.3, -0.25) is 0 Å². The van der Waals surface area contributed by atoms with Gasteiger partial charge in [-0.2, -0.15) is 0 Å². The lowest BCUT2D eigenvalue weighted by atomic mass is 9.69. The van der Waals surface area contributed by atoms with Crippen LogP contribution in [0.25, 0.3) is 0 Å². The molecular weight excluding hydrogens is 206 g/mol. The highest BCUT2D eigenvalue weighted by molar-refractivity contribution is 7.09. The largest absolute Gasteiger partial charge is 0.396 e. The summed E-state index contributed by atoms with van der Waals surface area (Å²) < 4.78 is 0. The first kappa shape index (κ1) is 11.1. The van der Waals surface area contributed by atoms with Crippen molar-refractivity contribution in [3.63, 3.8) is 0 Å². The molecule has 2 N–H and O–H groups in total. The second kappa shape index (κ2) is 5.10. The number of aliphatic hydroxyl groups is 1. The van der Waals surface area contributed by atoms with Crippen molar-refractivity contribution in [1.82, 2.24) is 5.32 Å². The fraction of sp³-hybridized carbons (Fsp3) is 0.667. The van der Waals surface area contributed by atoms with E-state index in [0.29, 0.717) is 6.61 Å². The highest BCUT2D eigenvalue weighted by Crippen LogP contribution is 2.39. The second-order valence-electron chi connectivity index (χ2n) is 4.52. The minimum absolute atomic E-state index is 0.218. The van der Waals surface area contributed by atoms with Gasteiger partial charge in [-0.1, -0.05) is 12.5 Å². The number of rotatable bonds is 6. The SMILES string of the molecule is OCC1(CNCCc2cccs2)CCC1. The molecule has 1 aromatic rings. The third-order valence-electron chi connectivity index (χ3n) is 3.38. The third kappa shape index (κ3) is 2.80. The summed E-state index contributed by atoms with van der Waals surface area (Å²) in [5.41, 5.74) is 0.218. The van der Waals surface area contributed by atoms with E-state index in [9.17, 15) is 5.11 Å². The minimum atomic E-state index is 0.218. The molecule has 0 atom stereocenters. The van der Waals surface area contributed by atoms with Gasteiger partial charge in [0.15, 0.2) is 0 Å². The fourth-order valence-electron chi connectivity index (χ4n) is 2.09. The quantitative estimate of drug-likeness (QED) is 0.726. The first-order valence-corrected chi connectivity index (χ1v) is 6.57. The predicted octanol–water partition coefficient (Wildman–Crippen LogP) is 2.04. The number of nitrogens with one attached hydrogen (secondary N) is 1. The Hall–Kier alpha value is -0.380. The average Bonchev–Trinajstić information content (AvgIpc) is 2.68. The zero-order valence-corrected chi connectivity index (χ0v) is 9.85. The zero-order valence-electron chi connectivity index (χ0n) is 9.04. The maximum Gasteiger partial charge on any atom is 0.0499 e. The number of thiophene rings is 1. The van der Waals surface area contributed by atoms with E-state index in [0.717, 1.165) is 19.5 Å². The van der Waals surface area contributed by atoms with Crippen LogP contribution in [0.4, 0.5) is 0 Å². The summed E-state index contributed by atoms with van der Waals surface area (Å²) in [5, 5.41) is 14.9. The van der Waals surface area contributed by atoms with E-state index in [2.05, 4.69) is 22.8 Å². The lowest BCUT2D eigenvalue weighted by Crippen LogP contribution is -2.43. The Bertz CT molecular complexity index is 274. The number of hydrogen-bond donors (Lipinski definition) is 2. The molecule has 1 aliphatic rings. The van der Waals surface area contributed by atoms with E-state index in [1.807, 2.05) is 11.3 Å². The van der Waals surface area contributed by atoms with Crippen molar-refractivity contribution >= 4 is 11.3 Å². The molecule has 1 fully saturated rings. The summed E-state index contributed by atoms with van der Waals surface area (Å²) in [5.74, 6) is 0. The lowest BCUT2D eigenvalue weighted by Gasteiger charge is -2.40. The van der Waals surface area contributed by atoms with Crippen molar-refractivity contribution in [1.29, 1.82) is 0 Å². The van der Waals surface area contributed by atoms with Crippen molar-refractivity contribution in [2.24, 2.45) is 5.41 Å². The van der Waals surface area contributed by atoms with Crippen LogP contribution in [0, 0.1) is 5.41 Å². The van der Waals surface area contributed by atoms with Crippen molar-refractivity contribution in [2.75, 3.05) is 19.7 Å². The van der Waals surface area contributed by atoms with Crippen LogP contribution in [0.5, 0.6) is 0 Å². The molecule has 1 heterocycles. The van der Waals surface area contributed by atoms with Gasteiger partial charge in [0.1, 0.15) is 0 Å². The first-order valence-electron chi connectivity index (χ1n) is 5.69. The van der Waals surface area contributed by atoms with Crippen LogP contribution < -0.4 is 5.32 Å². The standard InChI is InChI=1S/C12H19NOS/c14-10-12(5-2-6-12)9-13-7-4-11-3-1-8-15-11/h1,3,8,13-14H,2,4-7,9-10H2. The van der Waals surface area contributed by atoms with Crippen molar-refractivity contribution in [2.45, 2.75) is 25.7 Å². The Morgan fingerprint density at radius 1 is 1.47 bits per heavy atom. The van der Waals surface area contributed by atoms with E-state index in [1.54, 1.807) is 0 Å². The molecule has 0 bridgehead atoms. The average molecular weight is 225 g/mol. The van der Waals surface area contributed by atoms with Gasteiger partial charge < -0.3 is 10.4 Å². The molecule has 3 heteroatoms. The van der Waals surface area contributed by atoms with Crippen LogP contribution in [0.15, 0.2) is 17.5 Å².